The van der Waals surface area contributed by atoms with E-state index >= 15 is 0 Å². The summed E-state index contributed by atoms with van der Waals surface area (Å²) in [6.45, 7) is 4.24. The maximum Gasteiger partial charge on any atom is 0.0493 e. The molecule has 0 aromatic heterocycles. The lowest BCUT2D eigenvalue weighted by atomic mass is 9.83. The van der Waals surface area contributed by atoms with E-state index in [1.165, 1.54) is 44.1 Å². The van der Waals surface area contributed by atoms with E-state index in [1.807, 2.05) is 18.2 Å². The molecule has 0 unspecified atom stereocenters. The van der Waals surface area contributed by atoms with Crippen LogP contribution in [0.2, 0.25) is 10.0 Å². The molecule has 1 N–H and O–H groups in total. The fourth-order valence-electron chi connectivity index (χ4n) is 3.01. The first-order chi connectivity index (χ1) is 10.2. The van der Waals surface area contributed by atoms with Gasteiger partial charge in [-0.15, -0.1) is 0 Å². The monoisotopic (exact) mass is 325 g/mol. The largest absolute Gasteiger partial charge is 0.313 e. The molecule has 1 nitrogen and oxygen atoms in total. The van der Waals surface area contributed by atoms with Gasteiger partial charge in [0.1, 0.15) is 0 Å². The van der Waals surface area contributed by atoms with E-state index in [1.54, 1.807) is 0 Å². The van der Waals surface area contributed by atoms with Crippen LogP contribution < -0.4 is 5.32 Å². The average molecular weight is 326 g/mol. The summed E-state index contributed by atoms with van der Waals surface area (Å²) in [5, 5.41) is 4.98. The zero-order valence-corrected chi connectivity index (χ0v) is 14.3. The molecular formula is C18H25Cl2N. The molecule has 1 aliphatic carbocycles. The molecule has 0 radical (unpaired) electrons. The fourth-order valence-corrected chi connectivity index (χ4v) is 3.48. The molecule has 1 fully saturated rings. The Morgan fingerprint density at radius 1 is 1.24 bits per heavy atom. The molecule has 0 aliphatic heterocycles. The van der Waals surface area contributed by atoms with Gasteiger partial charge in [0.2, 0.25) is 0 Å². The first-order valence-electron chi connectivity index (χ1n) is 8.07. The zero-order chi connectivity index (χ0) is 15.1. The summed E-state index contributed by atoms with van der Waals surface area (Å²) in [6.07, 6.45) is 10.1. The summed E-state index contributed by atoms with van der Waals surface area (Å²) in [6, 6.07) is 5.76. The van der Waals surface area contributed by atoms with E-state index in [0.717, 1.165) is 23.7 Å². The molecule has 1 aromatic rings. The summed E-state index contributed by atoms with van der Waals surface area (Å²) in [4.78, 5) is 0. The molecule has 0 atom stereocenters. The average Bonchev–Trinajstić information content (AvgIpc) is 2.49. The predicted molar refractivity (Wildman–Crippen MR) is 94.2 cm³/mol. The maximum absolute atomic E-state index is 6.32. The molecule has 1 saturated carbocycles. The summed E-state index contributed by atoms with van der Waals surface area (Å²) < 4.78 is 0. The van der Waals surface area contributed by atoms with Crippen LogP contribution in [0, 0.1) is 5.92 Å². The third-order valence-corrected chi connectivity index (χ3v) is 4.75. The minimum absolute atomic E-state index is 0.695. The van der Waals surface area contributed by atoms with Crippen LogP contribution in [0.15, 0.2) is 23.8 Å². The Labute approximate surface area is 138 Å². The molecule has 3 heteroatoms. The van der Waals surface area contributed by atoms with Crippen molar-refractivity contribution in [3.05, 3.63) is 39.4 Å². The van der Waals surface area contributed by atoms with E-state index in [9.17, 15) is 0 Å². The Bertz CT molecular complexity index is 476. The van der Waals surface area contributed by atoms with Crippen LogP contribution in [0.3, 0.4) is 0 Å². The normalized spacial score (nSPS) is 17.2. The molecule has 0 amide bonds. The fraction of sp³-hybridized carbons (Fsp3) is 0.556. The number of benzene rings is 1. The highest BCUT2D eigenvalue weighted by Crippen LogP contribution is 2.32. The molecule has 2 rings (SSSR count). The number of hydrogen-bond acceptors (Lipinski definition) is 1. The van der Waals surface area contributed by atoms with Crippen molar-refractivity contribution in [2.75, 3.05) is 13.1 Å². The number of rotatable bonds is 6. The molecule has 0 spiro atoms. The summed E-state index contributed by atoms with van der Waals surface area (Å²) in [5.74, 6) is 0.704. The quantitative estimate of drug-likeness (QED) is 0.636. The van der Waals surface area contributed by atoms with E-state index in [4.69, 9.17) is 23.2 Å². The van der Waals surface area contributed by atoms with Crippen molar-refractivity contribution in [3.8, 4) is 0 Å². The first-order valence-corrected chi connectivity index (χ1v) is 8.82. The second kappa shape index (κ2) is 8.82. The van der Waals surface area contributed by atoms with Gasteiger partial charge in [-0.05, 0) is 49.4 Å². The van der Waals surface area contributed by atoms with Gasteiger partial charge in [0.25, 0.3) is 0 Å². The molecule has 21 heavy (non-hydrogen) atoms. The summed E-state index contributed by atoms with van der Waals surface area (Å²) in [5.41, 5.74) is 2.58. The number of hydrogen-bond donors (Lipinski definition) is 1. The third kappa shape index (κ3) is 5.32. The van der Waals surface area contributed by atoms with Gasteiger partial charge in [0.05, 0.1) is 0 Å². The molecule has 0 saturated heterocycles. The van der Waals surface area contributed by atoms with Crippen molar-refractivity contribution in [1.29, 1.82) is 0 Å². The standard InChI is InChI=1S/C18H25Cl2N/c1-2-10-21-13-16(14-6-4-3-5-7-14)11-15-8-9-17(19)12-18(15)20/h8-9,11-12,14,21H,2-7,10,13H2,1H3/b16-11-. The van der Waals surface area contributed by atoms with Crippen LogP contribution in [-0.2, 0) is 0 Å². The molecule has 0 bridgehead atoms. The second-order valence-electron chi connectivity index (χ2n) is 5.90. The molecular weight excluding hydrogens is 301 g/mol. The van der Waals surface area contributed by atoms with Crippen LogP contribution >= 0.6 is 23.2 Å². The smallest absolute Gasteiger partial charge is 0.0493 e. The van der Waals surface area contributed by atoms with Crippen LogP contribution in [0.25, 0.3) is 6.08 Å². The highest BCUT2D eigenvalue weighted by atomic mass is 35.5. The molecule has 1 aromatic carbocycles. The third-order valence-electron chi connectivity index (χ3n) is 4.19. The number of nitrogens with one attached hydrogen (secondary N) is 1. The number of halogens is 2. The Hall–Kier alpha value is -0.500. The Morgan fingerprint density at radius 3 is 2.67 bits per heavy atom. The van der Waals surface area contributed by atoms with Crippen LogP contribution in [0.5, 0.6) is 0 Å². The van der Waals surface area contributed by atoms with Gasteiger partial charge in [0.15, 0.2) is 0 Å². The van der Waals surface area contributed by atoms with E-state index in [-0.39, 0.29) is 0 Å². The maximum atomic E-state index is 6.32. The van der Waals surface area contributed by atoms with Gasteiger partial charge in [-0.2, -0.15) is 0 Å². The van der Waals surface area contributed by atoms with Crippen molar-refractivity contribution < 1.29 is 0 Å². The van der Waals surface area contributed by atoms with Crippen molar-refractivity contribution >= 4 is 29.3 Å². The minimum atomic E-state index is 0.695. The van der Waals surface area contributed by atoms with Crippen LogP contribution in [0.1, 0.15) is 51.0 Å². The van der Waals surface area contributed by atoms with Crippen molar-refractivity contribution in [1.82, 2.24) is 5.32 Å². The lowest BCUT2D eigenvalue weighted by Crippen LogP contribution is -2.23. The van der Waals surface area contributed by atoms with E-state index in [2.05, 4.69) is 18.3 Å². The highest BCUT2D eigenvalue weighted by molar-refractivity contribution is 6.35. The Balaban J connectivity index is 2.17. The summed E-state index contributed by atoms with van der Waals surface area (Å²) in [7, 11) is 0. The molecule has 0 heterocycles. The summed E-state index contributed by atoms with van der Waals surface area (Å²) >= 11 is 12.3. The van der Waals surface area contributed by atoms with Crippen molar-refractivity contribution in [3.63, 3.8) is 0 Å². The minimum Gasteiger partial charge on any atom is -0.313 e. The van der Waals surface area contributed by atoms with Gasteiger partial charge in [-0.25, -0.2) is 0 Å². The lowest BCUT2D eigenvalue weighted by molar-refractivity contribution is 0.396. The van der Waals surface area contributed by atoms with Crippen molar-refractivity contribution in [2.45, 2.75) is 45.4 Å². The Morgan fingerprint density at radius 2 is 2.00 bits per heavy atom. The van der Waals surface area contributed by atoms with Gasteiger partial charge >= 0.3 is 0 Å². The highest BCUT2D eigenvalue weighted by Gasteiger charge is 2.18. The Kier molecular flexibility index (Phi) is 7.09. The van der Waals surface area contributed by atoms with Gasteiger partial charge < -0.3 is 5.32 Å². The van der Waals surface area contributed by atoms with Gasteiger partial charge in [-0.3, -0.25) is 0 Å². The SMILES string of the molecule is CCCNC/C(=C/c1ccc(Cl)cc1Cl)C1CCCCC1. The van der Waals surface area contributed by atoms with Crippen molar-refractivity contribution in [2.24, 2.45) is 5.92 Å². The predicted octanol–water partition coefficient (Wildman–Crippen LogP) is 5.96. The lowest BCUT2D eigenvalue weighted by Gasteiger charge is -2.25. The van der Waals surface area contributed by atoms with Crippen LogP contribution in [0.4, 0.5) is 0 Å². The topological polar surface area (TPSA) is 12.0 Å². The molecule has 116 valence electrons. The van der Waals surface area contributed by atoms with Gasteiger partial charge in [-0.1, -0.05) is 67.1 Å². The van der Waals surface area contributed by atoms with E-state index in [0.29, 0.717) is 10.9 Å². The first kappa shape index (κ1) is 16.9. The van der Waals surface area contributed by atoms with E-state index < -0.39 is 0 Å². The van der Waals surface area contributed by atoms with Gasteiger partial charge in [0, 0.05) is 16.6 Å². The van der Waals surface area contributed by atoms with Crippen LogP contribution in [-0.4, -0.2) is 13.1 Å². The second-order valence-corrected chi connectivity index (χ2v) is 6.74. The molecule has 1 aliphatic rings. The zero-order valence-electron chi connectivity index (χ0n) is 12.8.